The Morgan fingerprint density at radius 1 is 1.31 bits per heavy atom. The van der Waals surface area contributed by atoms with E-state index < -0.39 is 21.3 Å². The maximum absolute atomic E-state index is 13.2. The van der Waals surface area contributed by atoms with Crippen molar-refractivity contribution in [1.82, 2.24) is 9.55 Å². The topological polar surface area (TPSA) is 165 Å². The van der Waals surface area contributed by atoms with Crippen LogP contribution in [0.4, 0.5) is 17.2 Å². The van der Waals surface area contributed by atoms with Crippen molar-refractivity contribution in [3.8, 4) is 0 Å². The zero-order chi connectivity index (χ0) is 23.8. The van der Waals surface area contributed by atoms with E-state index >= 15 is 0 Å². The van der Waals surface area contributed by atoms with Gasteiger partial charge in [0.2, 0.25) is 15.9 Å². The lowest BCUT2D eigenvalue weighted by Gasteiger charge is -2.27. The van der Waals surface area contributed by atoms with Gasteiger partial charge in [-0.1, -0.05) is 13.3 Å². The van der Waals surface area contributed by atoms with Gasteiger partial charge in [0.15, 0.2) is 0 Å². The van der Waals surface area contributed by atoms with Crippen LogP contribution in [0.5, 0.6) is 0 Å². The lowest BCUT2D eigenvalue weighted by Crippen LogP contribution is -2.44. The fourth-order valence-electron chi connectivity index (χ4n) is 4.01. The molecule has 1 aromatic heterocycles. The van der Waals surface area contributed by atoms with Gasteiger partial charge in [0.05, 0.1) is 11.4 Å². The molecule has 174 valence electrons. The van der Waals surface area contributed by atoms with Gasteiger partial charge in [0, 0.05) is 25.3 Å². The van der Waals surface area contributed by atoms with Crippen LogP contribution < -0.4 is 31.9 Å². The van der Waals surface area contributed by atoms with Crippen LogP contribution in [0, 0.1) is 0 Å². The van der Waals surface area contributed by atoms with Gasteiger partial charge in [-0.25, -0.2) is 18.4 Å². The van der Waals surface area contributed by atoms with Gasteiger partial charge in [-0.15, -0.1) is 0 Å². The highest BCUT2D eigenvalue weighted by Gasteiger charge is 2.32. The minimum Gasteiger partial charge on any atom is -0.383 e. The summed E-state index contributed by atoms with van der Waals surface area (Å²) >= 11 is 0. The van der Waals surface area contributed by atoms with Gasteiger partial charge >= 0.3 is 5.69 Å². The van der Waals surface area contributed by atoms with Crippen molar-refractivity contribution in [3.05, 3.63) is 44.6 Å². The van der Waals surface area contributed by atoms with Gasteiger partial charge < -0.3 is 15.5 Å². The summed E-state index contributed by atoms with van der Waals surface area (Å²) in [5, 5.41) is 5.21. The van der Waals surface area contributed by atoms with Gasteiger partial charge in [-0.05, 0) is 43.5 Å². The van der Waals surface area contributed by atoms with Gasteiger partial charge in [-0.2, -0.15) is 0 Å². The summed E-state index contributed by atoms with van der Waals surface area (Å²) in [6, 6.07) is 4.19. The molecule has 1 atom stereocenters. The molecule has 0 bridgehead atoms. The summed E-state index contributed by atoms with van der Waals surface area (Å²) in [5.74, 6) is -0.289. The van der Waals surface area contributed by atoms with E-state index in [1.807, 2.05) is 13.8 Å². The summed E-state index contributed by atoms with van der Waals surface area (Å²) in [7, 11) is -2.30. The molecule has 2 aromatic rings. The van der Waals surface area contributed by atoms with E-state index in [-0.39, 0.29) is 34.9 Å². The first kappa shape index (κ1) is 23.5. The molecule has 12 heteroatoms. The molecule has 0 spiro atoms. The molecule has 3 rings (SSSR count). The third kappa shape index (κ3) is 4.41. The Hall–Kier alpha value is -3.12. The maximum Gasteiger partial charge on any atom is 0.330 e. The van der Waals surface area contributed by atoms with Crippen LogP contribution in [-0.4, -0.2) is 43.5 Å². The zero-order valence-electron chi connectivity index (χ0n) is 18.3. The largest absolute Gasteiger partial charge is 0.383 e. The number of amides is 1. The Balaban J connectivity index is 1.89. The molecule has 0 fully saturated rings. The fraction of sp³-hybridized carbons (Fsp3) is 0.450. The Bertz CT molecular complexity index is 1270. The molecule has 11 nitrogen and oxygen atoms in total. The number of rotatable bonds is 7. The summed E-state index contributed by atoms with van der Waals surface area (Å²) in [6.07, 6.45) is 2.02. The van der Waals surface area contributed by atoms with Crippen LogP contribution in [0.15, 0.2) is 32.7 Å². The third-order valence-electron chi connectivity index (χ3n) is 5.57. The Morgan fingerprint density at radius 2 is 2.00 bits per heavy atom. The highest BCUT2D eigenvalue weighted by molar-refractivity contribution is 7.89. The first-order valence-electron chi connectivity index (χ1n) is 10.3. The molecule has 0 saturated heterocycles. The van der Waals surface area contributed by atoms with Crippen molar-refractivity contribution in [2.45, 2.75) is 50.6 Å². The van der Waals surface area contributed by atoms with Crippen LogP contribution in [-0.2, 0) is 27.8 Å². The normalized spacial score (nSPS) is 15.6. The van der Waals surface area contributed by atoms with E-state index in [2.05, 4.69) is 4.98 Å². The van der Waals surface area contributed by atoms with Crippen LogP contribution in [0.3, 0.4) is 0 Å². The lowest BCUT2D eigenvalue weighted by atomic mass is 10.1. The zero-order valence-corrected chi connectivity index (χ0v) is 19.1. The van der Waals surface area contributed by atoms with Gasteiger partial charge in [0.1, 0.15) is 11.5 Å². The molecule has 32 heavy (non-hydrogen) atoms. The number of carbonyl (C=O) groups is 1. The average Bonchev–Trinajstić information content (AvgIpc) is 3.01. The second kappa shape index (κ2) is 8.79. The van der Waals surface area contributed by atoms with Crippen LogP contribution in [0.1, 0.15) is 32.3 Å². The number of nitrogen functional groups attached to an aromatic ring is 1. The Morgan fingerprint density at radius 3 is 2.62 bits per heavy atom. The van der Waals surface area contributed by atoms with Crippen molar-refractivity contribution in [2.24, 2.45) is 5.14 Å². The second-order valence-corrected chi connectivity index (χ2v) is 9.57. The number of benzene rings is 1. The first-order chi connectivity index (χ1) is 15.0. The smallest absolute Gasteiger partial charge is 0.330 e. The summed E-state index contributed by atoms with van der Waals surface area (Å²) < 4.78 is 24.6. The monoisotopic (exact) mass is 464 g/mol. The molecule has 0 radical (unpaired) electrons. The Kier molecular flexibility index (Phi) is 6.46. The van der Waals surface area contributed by atoms with Crippen molar-refractivity contribution in [2.75, 3.05) is 29.1 Å². The van der Waals surface area contributed by atoms with E-state index in [1.165, 1.54) is 21.6 Å². The highest BCUT2D eigenvalue weighted by Crippen LogP contribution is 2.34. The molecule has 0 saturated carbocycles. The molecular weight excluding hydrogens is 436 g/mol. The molecular formula is C20H28N6O5S. The number of aromatic nitrogens is 2. The predicted molar refractivity (Wildman–Crippen MR) is 122 cm³/mol. The van der Waals surface area contributed by atoms with Gasteiger partial charge in [-0.3, -0.25) is 19.1 Å². The van der Waals surface area contributed by atoms with Crippen molar-refractivity contribution >= 4 is 33.1 Å². The number of primary sulfonamides is 1. The number of hydrogen-bond donors (Lipinski definition) is 3. The van der Waals surface area contributed by atoms with Crippen molar-refractivity contribution in [3.63, 3.8) is 0 Å². The number of nitrogens with two attached hydrogens (primary N) is 2. The van der Waals surface area contributed by atoms with Crippen LogP contribution in [0.25, 0.3) is 0 Å². The number of aromatic amines is 1. The highest BCUT2D eigenvalue weighted by atomic mass is 32.2. The number of likely N-dealkylation sites (N-methyl/N-ethyl adjacent to an activating group) is 1. The quantitative estimate of drug-likeness (QED) is 0.518. The number of H-pyrrole nitrogens is 1. The SMILES string of the molecule is CCCCn1c(N)c(N(C)CC(=O)N2c3ccc(S(N)(=O)=O)cc3CC2C)c(=O)[nH]c1=O. The van der Waals surface area contributed by atoms with Crippen LogP contribution in [0.2, 0.25) is 0 Å². The number of carbonyl (C=O) groups excluding carboxylic acids is 1. The van der Waals surface area contributed by atoms with E-state index in [0.29, 0.717) is 30.6 Å². The number of unbranched alkanes of at least 4 members (excludes halogenated alkanes) is 1. The van der Waals surface area contributed by atoms with E-state index in [9.17, 15) is 22.8 Å². The minimum absolute atomic E-state index is 0.00941. The average molecular weight is 465 g/mol. The molecule has 1 amide bonds. The molecule has 2 heterocycles. The van der Waals surface area contributed by atoms with E-state index in [1.54, 1.807) is 18.0 Å². The maximum atomic E-state index is 13.2. The molecule has 0 aliphatic carbocycles. The summed E-state index contributed by atoms with van der Waals surface area (Å²) in [4.78, 5) is 43.0. The number of sulfonamides is 1. The summed E-state index contributed by atoms with van der Waals surface area (Å²) in [6.45, 7) is 4.01. The first-order valence-corrected chi connectivity index (χ1v) is 11.8. The van der Waals surface area contributed by atoms with E-state index in [0.717, 1.165) is 6.42 Å². The fourth-order valence-corrected chi connectivity index (χ4v) is 4.57. The standard InChI is InChI=1S/C20H28N6O5S/c1-4-5-8-25-18(21)17(19(28)23-20(25)29)24(3)11-16(27)26-12(2)9-13-10-14(32(22,30)31)6-7-15(13)26/h6-7,10,12H,4-5,8-9,11,21H2,1-3H3,(H2,22,30,31)(H,23,28,29). The second-order valence-electron chi connectivity index (χ2n) is 8.01. The molecule has 1 unspecified atom stereocenters. The molecule has 1 aliphatic heterocycles. The van der Waals surface area contributed by atoms with Gasteiger partial charge in [0.25, 0.3) is 5.56 Å². The number of nitrogens with zero attached hydrogens (tertiary/aromatic N) is 3. The number of nitrogens with one attached hydrogen (secondary N) is 1. The van der Waals surface area contributed by atoms with Crippen molar-refractivity contribution in [1.29, 1.82) is 0 Å². The third-order valence-corrected chi connectivity index (χ3v) is 6.48. The summed E-state index contributed by atoms with van der Waals surface area (Å²) in [5.41, 5.74) is 6.22. The molecule has 5 N–H and O–H groups in total. The van der Waals surface area contributed by atoms with Crippen molar-refractivity contribution < 1.29 is 13.2 Å². The van der Waals surface area contributed by atoms with E-state index in [4.69, 9.17) is 10.9 Å². The number of fused-ring (bicyclic) bond motifs is 1. The number of hydrogen-bond acceptors (Lipinski definition) is 7. The minimum atomic E-state index is -3.85. The number of anilines is 3. The molecule has 1 aliphatic rings. The molecule has 1 aromatic carbocycles. The Labute approximate surface area is 185 Å². The van der Waals surface area contributed by atoms with Crippen LogP contribution >= 0.6 is 0 Å². The lowest BCUT2D eigenvalue weighted by molar-refractivity contribution is -0.117. The predicted octanol–water partition coefficient (Wildman–Crippen LogP) is -0.0197.